The lowest BCUT2D eigenvalue weighted by atomic mass is 10.1. The van der Waals surface area contributed by atoms with Gasteiger partial charge in [-0.25, -0.2) is 0 Å². The Bertz CT molecular complexity index is 579. The van der Waals surface area contributed by atoms with E-state index in [2.05, 4.69) is 0 Å². The number of hydrogen-bond acceptors (Lipinski definition) is 4. The van der Waals surface area contributed by atoms with Crippen molar-refractivity contribution in [3.05, 3.63) is 53.6 Å². The first-order chi connectivity index (χ1) is 10.1. The van der Waals surface area contributed by atoms with Crippen molar-refractivity contribution in [2.75, 3.05) is 14.2 Å². The van der Waals surface area contributed by atoms with Crippen molar-refractivity contribution in [2.45, 2.75) is 19.6 Å². The summed E-state index contributed by atoms with van der Waals surface area (Å²) in [5, 5.41) is 0. The van der Waals surface area contributed by atoms with E-state index in [0.29, 0.717) is 18.1 Å². The molecule has 4 heteroatoms. The zero-order chi connectivity index (χ0) is 15.2. The van der Waals surface area contributed by atoms with Crippen molar-refractivity contribution >= 4 is 0 Å². The molecule has 2 aromatic carbocycles. The van der Waals surface area contributed by atoms with Crippen LogP contribution in [0.4, 0.5) is 0 Å². The monoisotopic (exact) mass is 287 g/mol. The average Bonchev–Trinajstić information content (AvgIpc) is 2.52. The molecular formula is C17H21NO3. The van der Waals surface area contributed by atoms with Crippen molar-refractivity contribution in [3.63, 3.8) is 0 Å². The molecule has 0 amide bonds. The Labute approximate surface area is 125 Å². The largest absolute Gasteiger partial charge is 0.493 e. The summed E-state index contributed by atoms with van der Waals surface area (Å²) < 4.78 is 16.3. The number of hydrogen-bond donors (Lipinski definition) is 1. The summed E-state index contributed by atoms with van der Waals surface area (Å²) in [7, 11) is 3.24. The molecule has 0 fully saturated rings. The van der Waals surface area contributed by atoms with Gasteiger partial charge in [-0.05, 0) is 42.3 Å². The molecule has 0 bridgehead atoms. The molecule has 0 saturated heterocycles. The predicted octanol–water partition coefficient (Wildman–Crippen LogP) is 3.30. The van der Waals surface area contributed by atoms with Crippen LogP contribution >= 0.6 is 0 Å². The van der Waals surface area contributed by atoms with Gasteiger partial charge in [-0.3, -0.25) is 0 Å². The highest BCUT2D eigenvalue weighted by Gasteiger charge is 2.05. The second-order valence-corrected chi connectivity index (χ2v) is 4.84. The highest BCUT2D eigenvalue weighted by molar-refractivity contribution is 5.42. The fourth-order valence-corrected chi connectivity index (χ4v) is 2.00. The summed E-state index contributed by atoms with van der Waals surface area (Å²) in [6.07, 6.45) is 0. The zero-order valence-corrected chi connectivity index (χ0v) is 12.6. The van der Waals surface area contributed by atoms with Crippen LogP contribution in [0, 0.1) is 0 Å². The van der Waals surface area contributed by atoms with Crippen molar-refractivity contribution in [1.29, 1.82) is 0 Å². The molecule has 0 aliphatic heterocycles. The van der Waals surface area contributed by atoms with Gasteiger partial charge in [0.2, 0.25) is 0 Å². The van der Waals surface area contributed by atoms with Gasteiger partial charge in [0.1, 0.15) is 12.4 Å². The van der Waals surface area contributed by atoms with Crippen LogP contribution in [0.2, 0.25) is 0 Å². The third-order valence-corrected chi connectivity index (χ3v) is 3.26. The van der Waals surface area contributed by atoms with Crippen molar-refractivity contribution in [3.8, 4) is 17.2 Å². The van der Waals surface area contributed by atoms with E-state index in [9.17, 15) is 0 Å². The van der Waals surface area contributed by atoms with Crippen molar-refractivity contribution in [1.82, 2.24) is 0 Å². The molecule has 0 unspecified atom stereocenters. The normalized spacial score (nSPS) is 11.8. The highest BCUT2D eigenvalue weighted by Crippen LogP contribution is 2.28. The van der Waals surface area contributed by atoms with Gasteiger partial charge in [0.25, 0.3) is 0 Å². The summed E-state index contributed by atoms with van der Waals surface area (Å²) in [4.78, 5) is 0. The van der Waals surface area contributed by atoms with Crippen LogP contribution < -0.4 is 19.9 Å². The molecule has 2 N–H and O–H groups in total. The molecule has 1 atom stereocenters. The highest BCUT2D eigenvalue weighted by atomic mass is 16.5. The van der Waals surface area contributed by atoms with Crippen LogP contribution in [0.5, 0.6) is 17.2 Å². The van der Waals surface area contributed by atoms with Crippen LogP contribution in [0.3, 0.4) is 0 Å². The van der Waals surface area contributed by atoms with Gasteiger partial charge < -0.3 is 19.9 Å². The minimum atomic E-state index is 0.0323. The van der Waals surface area contributed by atoms with E-state index in [1.165, 1.54) is 0 Å². The first-order valence-electron chi connectivity index (χ1n) is 6.83. The third-order valence-electron chi connectivity index (χ3n) is 3.26. The van der Waals surface area contributed by atoms with E-state index >= 15 is 0 Å². The van der Waals surface area contributed by atoms with Crippen molar-refractivity contribution in [2.24, 2.45) is 5.73 Å². The maximum Gasteiger partial charge on any atom is 0.161 e. The maximum atomic E-state index is 5.82. The molecule has 0 heterocycles. The molecule has 0 aromatic heterocycles. The van der Waals surface area contributed by atoms with Crippen LogP contribution in [0.15, 0.2) is 42.5 Å². The minimum absolute atomic E-state index is 0.0323. The zero-order valence-electron chi connectivity index (χ0n) is 12.6. The van der Waals surface area contributed by atoms with E-state index in [-0.39, 0.29) is 6.04 Å². The van der Waals surface area contributed by atoms with E-state index in [1.54, 1.807) is 14.2 Å². The molecule has 0 spiro atoms. The number of ether oxygens (including phenoxy) is 3. The lowest BCUT2D eigenvalue weighted by Gasteiger charge is -2.11. The fourth-order valence-electron chi connectivity index (χ4n) is 2.00. The Morgan fingerprint density at radius 3 is 2.19 bits per heavy atom. The number of nitrogens with two attached hydrogens (primary N) is 1. The molecule has 112 valence electrons. The number of benzene rings is 2. The van der Waals surface area contributed by atoms with Gasteiger partial charge in [-0.1, -0.05) is 18.2 Å². The first-order valence-corrected chi connectivity index (χ1v) is 6.83. The molecule has 0 radical (unpaired) electrons. The molecule has 0 aliphatic rings. The summed E-state index contributed by atoms with van der Waals surface area (Å²) in [5.74, 6) is 2.22. The maximum absolute atomic E-state index is 5.82. The van der Waals surface area contributed by atoms with Crippen LogP contribution in [0.25, 0.3) is 0 Å². The molecule has 2 rings (SSSR count). The summed E-state index contributed by atoms with van der Waals surface area (Å²) in [6.45, 7) is 2.43. The standard InChI is InChI=1S/C17H21NO3/c1-12(18)14-5-7-15(8-6-14)21-11-13-4-9-16(19-2)17(10-13)20-3/h4-10,12H,11,18H2,1-3H3/t12-/m0/s1. The predicted molar refractivity (Wildman–Crippen MR) is 82.9 cm³/mol. The second kappa shape index (κ2) is 6.99. The van der Waals surface area contributed by atoms with Gasteiger partial charge in [-0.2, -0.15) is 0 Å². The summed E-state index contributed by atoms with van der Waals surface area (Å²) >= 11 is 0. The molecule has 2 aromatic rings. The van der Waals surface area contributed by atoms with Crippen LogP contribution in [-0.4, -0.2) is 14.2 Å². The first kappa shape index (κ1) is 15.2. The minimum Gasteiger partial charge on any atom is -0.493 e. The molecule has 0 saturated carbocycles. The Kier molecular flexibility index (Phi) is 5.06. The molecular weight excluding hydrogens is 266 g/mol. The average molecular weight is 287 g/mol. The smallest absolute Gasteiger partial charge is 0.161 e. The van der Waals surface area contributed by atoms with Gasteiger partial charge in [0.15, 0.2) is 11.5 Å². The van der Waals surface area contributed by atoms with Crippen molar-refractivity contribution < 1.29 is 14.2 Å². The SMILES string of the molecule is COc1ccc(COc2ccc([C@H](C)N)cc2)cc1OC. The number of methoxy groups -OCH3 is 2. The van der Waals surface area contributed by atoms with Gasteiger partial charge >= 0.3 is 0 Å². The third kappa shape index (κ3) is 3.89. The van der Waals surface area contributed by atoms with Crippen LogP contribution in [-0.2, 0) is 6.61 Å². The topological polar surface area (TPSA) is 53.7 Å². The quantitative estimate of drug-likeness (QED) is 0.885. The molecule has 21 heavy (non-hydrogen) atoms. The summed E-state index contributed by atoms with van der Waals surface area (Å²) in [6, 6.07) is 13.6. The van der Waals surface area contributed by atoms with E-state index in [4.69, 9.17) is 19.9 Å². The molecule has 4 nitrogen and oxygen atoms in total. The Morgan fingerprint density at radius 1 is 0.952 bits per heavy atom. The summed E-state index contributed by atoms with van der Waals surface area (Å²) in [5.41, 5.74) is 7.93. The van der Waals surface area contributed by atoms with Gasteiger partial charge in [0.05, 0.1) is 14.2 Å². The Hall–Kier alpha value is -2.20. The Morgan fingerprint density at radius 2 is 1.62 bits per heavy atom. The van der Waals surface area contributed by atoms with E-state index in [1.807, 2.05) is 49.4 Å². The van der Waals surface area contributed by atoms with Gasteiger partial charge in [0, 0.05) is 6.04 Å². The second-order valence-electron chi connectivity index (χ2n) is 4.84. The fraction of sp³-hybridized carbons (Fsp3) is 0.294. The van der Waals surface area contributed by atoms with E-state index < -0.39 is 0 Å². The van der Waals surface area contributed by atoms with Gasteiger partial charge in [-0.15, -0.1) is 0 Å². The molecule has 0 aliphatic carbocycles. The number of rotatable bonds is 6. The lowest BCUT2D eigenvalue weighted by Crippen LogP contribution is -2.04. The Balaban J connectivity index is 2.02. The van der Waals surface area contributed by atoms with Crippen LogP contribution in [0.1, 0.15) is 24.1 Å². The lowest BCUT2D eigenvalue weighted by molar-refractivity contribution is 0.303. The van der Waals surface area contributed by atoms with E-state index in [0.717, 1.165) is 16.9 Å².